The van der Waals surface area contributed by atoms with Gasteiger partial charge in [0, 0.05) is 22.1 Å². The Morgan fingerprint density at radius 3 is 2.39 bits per heavy atom. The fourth-order valence-electron chi connectivity index (χ4n) is 2.40. The van der Waals surface area contributed by atoms with Gasteiger partial charge in [-0.1, -0.05) is 56.6 Å². The quantitative estimate of drug-likeness (QED) is 0.625. The number of hydrogen-bond donors (Lipinski definition) is 1. The van der Waals surface area contributed by atoms with Crippen molar-refractivity contribution in [2.45, 2.75) is 30.4 Å². The number of nitrogens with zero attached hydrogens (tertiary/aromatic N) is 1. The zero-order valence-corrected chi connectivity index (χ0v) is 18.6. The number of amides is 1. The standard InChI is InChI=1S/C20H25ClN2O3S2/c1-20(2,3)27-13-12-22-19(24)15-23(17-9-7-8-16(21)14-17)28(25,26)18-10-5-4-6-11-18/h4-11,14H,12-13,15H2,1-3H3,(H,22,24). The minimum atomic E-state index is -3.91. The lowest BCUT2D eigenvalue weighted by atomic mass is 10.3. The van der Waals surface area contributed by atoms with Gasteiger partial charge in [-0.05, 0) is 30.3 Å². The number of hydrogen-bond acceptors (Lipinski definition) is 4. The maximum absolute atomic E-state index is 13.1. The van der Waals surface area contributed by atoms with Crippen LogP contribution in [0.5, 0.6) is 0 Å². The van der Waals surface area contributed by atoms with Crippen molar-refractivity contribution in [3.05, 3.63) is 59.6 Å². The third-order valence-electron chi connectivity index (χ3n) is 3.67. The van der Waals surface area contributed by atoms with Crippen LogP contribution in [-0.4, -0.2) is 37.9 Å². The lowest BCUT2D eigenvalue weighted by Crippen LogP contribution is -2.41. The highest BCUT2D eigenvalue weighted by Gasteiger charge is 2.27. The average Bonchev–Trinajstić information content (AvgIpc) is 2.63. The van der Waals surface area contributed by atoms with Crippen LogP contribution in [-0.2, 0) is 14.8 Å². The van der Waals surface area contributed by atoms with Crippen molar-refractivity contribution in [2.75, 3.05) is 23.1 Å². The summed E-state index contributed by atoms with van der Waals surface area (Å²) in [6, 6.07) is 14.5. The molecule has 0 aromatic heterocycles. The van der Waals surface area contributed by atoms with Crippen LogP contribution in [0.15, 0.2) is 59.5 Å². The molecule has 0 heterocycles. The number of rotatable bonds is 8. The highest BCUT2D eigenvalue weighted by atomic mass is 35.5. The molecule has 1 amide bonds. The molecule has 0 aliphatic heterocycles. The molecule has 28 heavy (non-hydrogen) atoms. The van der Waals surface area contributed by atoms with Crippen LogP contribution in [0.2, 0.25) is 5.02 Å². The highest BCUT2D eigenvalue weighted by Crippen LogP contribution is 2.26. The van der Waals surface area contributed by atoms with E-state index in [2.05, 4.69) is 26.1 Å². The van der Waals surface area contributed by atoms with E-state index in [0.29, 0.717) is 17.3 Å². The molecule has 2 aromatic carbocycles. The molecule has 0 saturated carbocycles. The minimum absolute atomic E-state index is 0.105. The van der Waals surface area contributed by atoms with Gasteiger partial charge in [-0.15, -0.1) is 0 Å². The molecule has 5 nitrogen and oxygen atoms in total. The first-order valence-electron chi connectivity index (χ1n) is 8.83. The molecule has 0 bridgehead atoms. The predicted octanol–water partition coefficient (Wildman–Crippen LogP) is 4.18. The Hall–Kier alpha value is -1.70. The summed E-state index contributed by atoms with van der Waals surface area (Å²) in [7, 11) is -3.91. The second kappa shape index (κ2) is 9.67. The van der Waals surface area contributed by atoms with Crippen LogP contribution in [0.3, 0.4) is 0 Å². The average molecular weight is 441 g/mol. The molecule has 0 fully saturated rings. The number of sulfonamides is 1. The monoisotopic (exact) mass is 440 g/mol. The van der Waals surface area contributed by atoms with Gasteiger partial charge in [-0.2, -0.15) is 11.8 Å². The zero-order valence-electron chi connectivity index (χ0n) is 16.2. The fraction of sp³-hybridized carbons (Fsp3) is 0.350. The molecule has 2 aromatic rings. The summed E-state index contributed by atoms with van der Waals surface area (Å²) < 4.78 is 27.5. The van der Waals surface area contributed by atoms with Gasteiger partial charge in [0.25, 0.3) is 10.0 Å². The molecule has 0 saturated heterocycles. The molecule has 8 heteroatoms. The van der Waals surface area contributed by atoms with E-state index < -0.39 is 10.0 Å². The fourth-order valence-corrected chi connectivity index (χ4v) is 4.83. The largest absolute Gasteiger partial charge is 0.354 e. The van der Waals surface area contributed by atoms with Crippen LogP contribution in [0.25, 0.3) is 0 Å². The lowest BCUT2D eigenvalue weighted by molar-refractivity contribution is -0.119. The predicted molar refractivity (Wildman–Crippen MR) is 118 cm³/mol. The first kappa shape index (κ1) is 22.6. The van der Waals surface area contributed by atoms with E-state index >= 15 is 0 Å². The van der Waals surface area contributed by atoms with Gasteiger partial charge in [-0.3, -0.25) is 9.10 Å². The van der Waals surface area contributed by atoms with Gasteiger partial charge in [0.05, 0.1) is 10.6 Å². The van der Waals surface area contributed by atoms with Crippen molar-refractivity contribution in [1.82, 2.24) is 5.32 Å². The smallest absolute Gasteiger partial charge is 0.264 e. The van der Waals surface area contributed by atoms with E-state index in [4.69, 9.17) is 11.6 Å². The second-order valence-corrected chi connectivity index (χ2v) is 11.3. The Balaban J connectivity index is 2.19. The summed E-state index contributed by atoms with van der Waals surface area (Å²) in [4.78, 5) is 12.6. The molecule has 1 N–H and O–H groups in total. The van der Waals surface area contributed by atoms with Crippen molar-refractivity contribution < 1.29 is 13.2 Å². The molecule has 0 aliphatic carbocycles. The van der Waals surface area contributed by atoms with Crippen molar-refractivity contribution in [2.24, 2.45) is 0 Å². The Kier molecular flexibility index (Phi) is 7.80. The Labute approximate surface area is 176 Å². The minimum Gasteiger partial charge on any atom is -0.354 e. The number of carbonyl (C=O) groups excluding carboxylic acids is 1. The lowest BCUT2D eigenvalue weighted by Gasteiger charge is -2.24. The van der Waals surface area contributed by atoms with E-state index in [9.17, 15) is 13.2 Å². The SMILES string of the molecule is CC(C)(C)SCCNC(=O)CN(c1cccc(Cl)c1)S(=O)(=O)c1ccccc1. The number of nitrogens with one attached hydrogen (secondary N) is 1. The number of benzene rings is 2. The summed E-state index contributed by atoms with van der Waals surface area (Å²) in [5.74, 6) is 0.381. The summed E-state index contributed by atoms with van der Waals surface area (Å²) in [6.45, 7) is 6.46. The normalized spacial score (nSPS) is 11.9. The number of anilines is 1. The van der Waals surface area contributed by atoms with Gasteiger partial charge in [0.2, 0.25) is 5.91 Å². The number of thioether (sulfide) groups is 1. The molecule has 0 atom stereocenters. The highest BCUT2D eigenvalue weighted by molar-refractivity contribution is 8.00. The summed E-state index contributed by atoms with van der Waals surface area (Å²) in [5.41, 5.74) is 0.343. The summed E-state index contributed by atoms with van der Waals surface area (Å²) >= 11 is 7.77. The molecule has 2 rings (SSSR count). The Bertz CT molecular complexity index is 897. The second-order valence-electron chi connectivity index (χ2n) is 7.12. The van der Waals surface area contributed by atoms with E-state index in [1.807, 2.05) is 0 Å². The maximum atomic E-state index is 13.1. The first-order chi connectivity index (χ1) is 13.1. The van der Waals surface area contributed by atoms with Gasteiger partial charge < -0.3 is 5.32 Å². The van der Waals surface area contributed by atoms with Crippen LogP contribution in [0, 0.1) is 0 Å². The Morgan fingerprint density at radius 1 is 1.11 bits per heavy atom. The third kappa shape index (κ3) is 6.72. The molecule has 0 spiro atoms. The van der Waals surface area contributed by atoms with Crippen LogP contribution in [0.1, 0.15) is 20.8 Å². The van der Waals surface area contributed by atoms with Crippen LogP contribution < -0.4 is 9.62 Å². The first-order valence-corrected chi connectivity index (χ1v) is 11.6. The molecule has 0 unspecified atom stereocenters. The van der Waals surface area contributed by atoms with E-state index in [1.165, 1.54) is 18.2 Å². The topological polar surface area (TPSA) is 66.5 Å². The van der Waals surface area contributed by atoms with E-state index in [1.54, 1.807) is 48.2 Å². The van der Waals surface area contributed by atoms with E-state index in [-0.39, 0.29) is 22.1 Å². The van der Waals surface area contributed by atoms with Crippen molar-refractivity contribution in [3.8, 4) is 0 Å². The molecule has 0 aliphatic rings. The third-order valence-corrected chi connectivity index (χ3v) is 6.97. The molecule has 0 radical (unpaired) electrons. The zero-order chi connectivity index (χ0) is 20.8. The van der Waals surface area contributed by atoms with Crippen molar-refractivity contribution >= 4 is 45.0 Å². The van der Waals surface area contributed by atoms with Gasteiger partial charge in [0.15, 0.2) is 0 Å². The van der Waals surface area contributed by atoms with Gasteiger partial charge >= 0.3 is 0 Å². The van der Waals surface area contributed by atoms with Crippen molar-refractivity contribution in [3.63, 3.8) is 0 Å². The van der Waals surface area contributed by atoms with E-state index in [0.717, 1.165) is 10.1 Å². The Morgan fingerprint density at radius 2 is 1.79 bits per heavy atom. The van der Waals surface area contributed by atoms with Crippen molar-refractivity contribution in [1.29, 1.82) is 0 Å². The molecular weight excluding hydrogens is 416 g/mol. The van der Waals surface area contributed by atoms with Crippen LogP contribution in [0.4, 0.5) is 5.69 Å². The number of carbonyl (C=O) groups is 1. The van der Waals surface area contributed by atoms with Crippen LogP contribution >= 0.6 is 23.4 Å². The summed E-state index contributed by atoms with van der Waals surface area (Å²) in [5, 5.41) is 3.19. The maximum Gasteiger partial charge on any atom is 0.264 e. The van der Waals surface area contributed by atoms with Gasteiger partial charge in [0.1, 0.15) is 6.54 Å². The number of halogens is 1. The van der Waals surface area contributed by atoms with Gasteiger partial charge in [-0.25, -0.2) is 8.42 Å². The summed E-state index contributed by atoms with van der Waals surface area (Å²) in [6.07, 6.45) is 0. The molecule has 152 valence electrons. The molecular formula is C20H25ClN2O3S2.